The van der Waals surface area contributed by atoms with Gasteiger partial charge in [0.1, 0.15) is 17.4 Å². The third kappa shape index (κ3) is 2.90. The molecule has 0 radical (unpaired) electrons. The van der Waals surface area contributed by atoms with E-state index in [0.717, 1.165) is 0 Å². The number of Topliss-reactive ketones (excluding diaryl/α,β-unsaturated/α-hetero) is 2. The maximum absolute atomic E-state index is 13.5. The number of nitrogens with zero attached hydrogens (tertiary/aromatic N) is 1. The molecule has 8 nitrogen and oxygen atoms in total. The molecule has 8 heteroatoms. The quantitative estimate of drug-likeness (QED) is 0.805. The minimum atomic E-state index is -0.992. The van der Waals surface area contributed by atoms with Crippen LogP contribution in [0, 0.1) is 11.3 Å². The molecule has 0 bridgehead atoms. The predicted octanol–water partition coefficient (Wildman–Crippen LogP) is 2.85. The van der Waals surface area contributed by atoms with E-state index in [4.69, 9.17) is 24.7 Å². The maximum atomic E-state index is 13.5. The average molecular weight is 418 g/mol. The molecular formula is C23H18N2O6. The van der Waals surface area contributed by atoms with E-state index in [0.29, 0.717) is 22.8 Å². The van der Waals surface area contributed by atoms with Crippen molar-refractivity contribution in [3.8, 4) is 23.3 Å². The van der Waals surface area contributed by atoms with Gasteiger partial charge in [0.25, 0.3) is 0 Å². The van der Waals surface area contributed by atoms with Gasteiger partial charge in [0.05, 0.1) is 32.8 Å². The zero-order valence-corrected chi connectivity index (χ0v) is 17.0. The van der Waals surface area contributed by atoms with Crippen LogP contribution in [0.3, 0.4) is 0 Å². The first kappa shape index (κ1) is 20.0. The van der Waals surface area contributed by atoms with E-state index >= 15 is 0 Å². The molecule has 31 heavy (non-hydrogen) atoms. The summed E-state index contributed by atoms with van der Waals surface area (Å²) >= 11 is 0. The number of rotatable bonds is 4. The molecule has 0 amide bonds. The normalized spacial score (nSPS) is 17.4. The zero-order chi connectivity index (χ0) is 22.3. The van der Waals surface area contributed by atoms with E-state index < -0.39 is 17.5 Å². The highest BCUT2D eigenvalue weighted by atomic mass is 16.5. The van der Waals surface area contributed by atoms with E-state index in [9.17, 15) is 14.9 Å². The summed E-state index contributed by atoms with van der Waals surface area (Å²) in [5.74, 6) is -1.24. The van der Waals surface area contributed by atoms with Gasteiger partial charge in [-0.25, -0.2) is 0 Å². The Labute approximate surface area is 178 Å². The van der Waals surface area contributed by atoms with E-state index in [2.05, 4.69) is 0 Å². The van der Waals surface area contributed by atoms with E-state index in [-0.39, 0.29) is 33.9 Å². The molecule has 1 aliphatic heterocycles. The van der Waals surface area contributed by atoms with Gasteiger partial charge in [-0.05, 0) is 6.07 Å². The molecule has 4 rings (SSSR count). The van der Waals surface area contributed by atoms with Crippen LogP contribution in [0.4, 0.5) is 0 Å². The smallest absolute Gasteiger partial charge is 0.229 e. The van der Waals surface area contributed by atoms with Crippen LogP contribution in [0.1, 0.15) is 32.2 Å². The highest BCUT2D eigenvalue weighted by Gasteiger charge is 2.44. The standard InChI is InChI=1S/C23H18N2O6/c1-28-15-9-17(30-3)16(29-2)8-13(15)18-14(10-24)23(25)31-22-19(18)20(26)11-6-4-5-7-12(11)21(22)27/h4-9,18H,25H2,1-3H3/t18-/m1/s1. The Morgan fingerprint density at radius 2 is 1.52 bits per heavy atom. The molecule has 1 heterocycles. The van der Waals surface area contributed by atoms with E-state index in [1.54, 1.807) is 36.4 Å². The van der Waals surface area contributed by atoms with Crippen molar-refractivity contribution in [1.29, 1.82) is 5.26 Å². The average Bonchev–Trinajstić information content (AvgIpc) is 2.80. The van der Waals surface area contributed by atoms with Gasteiger partial charge < -0.3 is 24.7 Å². The topological polar surface area (TPSA) is 121 Å². The molecule has 0 spiro atoms. The Balaban J connectivity index is 2.02. The minimum absolute atomic E-state index is 0.00944. The van der Waals surface area contributed by atoms with Crippen LogP contribution in [-0.4, -0.2) is 32.9 Å². The van der Waals surface area contributed by atoms with Crippen molar-refractivity contribution in [3.05, 3.63) is 75.9 Å². The first-order valence-electron chi connectivity index (χ1n) is 9.26. The fourth-order valence-corrected chi connectivity index (χ4v) is 3.90. The summed E-state index contributed by atoms with van der Waals surface area (Å²) in [5, 5.41) is 9.84. The van der Waals surface area contributed by atoms with Gasteiger partial charge in [-0.3, -0.25) is 9.59 Å². The van der Waals surface area contributed by atoms with Crippen molar-refractivity contribution in [2.75, 3.05) is 21.3 Å². The van der Waals surface area contributed by atoms with Gasteiger partial charge >= 0.3 is 0 Å². The number of fused-ring (bicyclic) bond motifs is 1. The van der Waals surface area contributed by atoms with Crippen molar-refractivity contribution in [1.82, 2.24) is 0 Å². The SMILES string of the molecule is COc1cc(OC)c([C@@H]2C(C#N)=C(N)OC3=C2C(=O)c2ccccc2C3=O)cc1OC. The fraction of sp³-hybridized carbons (Fsp3) is 0.174. The summed E-state index contributed by atoms with van der Waals surface area (Å²) in [6.45, 7) is 0. The number of nitriles is 1. The number of carbonyl (C=O) groups is 2. The van der Waals surface area contributed by atoms with Crippen LogP contribution in [0.2, 0.25) is 0 Å². The Kier molecular flexibility index (Phi) is 4.87. The number of hydrogen-bond donors (Lipinski definition) is 1. The monoisotopic (exact) mass is 418 g/mol. The van der Waals surface area contributed by atoms with Gasteiger partial charge in [0.2, 0.25) is 11.7 Å². The van der Waals surface area contributed by atoms with Crippen molar-refractivity contribution < 1.29 is 28.5 Å². The molecule has 1 aliphatic carbocycles. The maximum Gasteiger partial charge on any atom is 0.229 e. The molecule has 2 aromatic carbocycles. The van der Waals surface area contributed by atoms with Gasteiger partial charge in [0.15, 0.2) is 23.0 Å². The summed E-state index contributed by atoms with van der Waals surface area (Å²) in [5.41, 5.74) is 6.90. The lowest BCUT2D eigenvalue weighted by molar-refractivity contribution is 0.0897. The third-order valence-electron chi connectivity index (χ3n) is 5.33. The largest absolute Gasteiger partial charge is 0.496 e. The van der Waals surface area contributed by atoms with Gasteiger partial charge in [-0.2, -0.15) is 5.26 Å². The van der Waals surface area contributed by atoms with Crippen LogP contribution in [0.15, 0.2) is 59.2 Å². The van der Waals surface area contributed by atoms with Crippen LogP contribution < -0.4 is 19.9 Å². The van der Waals surface area contributed by atoms with Crippen molar-refractivity contribution in [2.45, 2.75) is 5.92 Å². The lowest BCUT2D eigenvalue weighted by Gasteiger charge is -2.31. The molecule has 2 N–H and O–H groups in total. The lowest BCUT2D eigenvalue weighted by Crippen LogP contribution is -2.32. The second kappa shape index (κ2) is 7.54. The lowest BCUT2D eigenvalue weighted by atomic mass is 9.75. The van der Waals surface area contributed by atoms with Crippen LogP contribution in [0.5, 0.6) is 17.2 Å². The summed E-state index contributed by atoms with van der Waals surface area (Å²) in [7, 11) is 4.39. The Hall–Kier alpha value is -4.25. The second-order valence-corrected chi connectivity index (χ2v) is 6.82. The van der Waals surface area contributed by atoms with Crippen LogP contribution >= 0.6 is 0 Å². The summed E-state index contributed by atoms with van der Waals surface area (Å²) in [4.78, 5) is 26.6. The molecule has 1 atom stereocenters. The van der Waals surface area contributed by atoms with E-state index in [1.165, 1.54) is 21.3 Å². The molecule has 0 saturated carbocycles. The van der Waals surface area contributed by atoms with Crippen LogP contribution in [-0.2, 0) is 4.74 Å². The number of carbonyl (C=O) groups excluding carboxylic acids is 2. The number of ketones is 2. The number of hydrogen-bond acceptors (Lipinski definition) is 8. The second-order valence-electron chi connectivity index (χ2n) is 6.82. The molecular weight excluding hydrogens is 400 g/mol. The van der Waals surface area contributed by atoms with Gasteiger partial charge in [-0.15, -0.1) is 0 Å². The molecule has 0 saturated heterocycles. The van der Waals surface area contributed by atoms with Crippen LogP contribution in [0.25, 0.3) is 0 Å². The number of ether oxygens (including phenoxy) is 4. The van der Waals surface area contributed by atoms with E-state index in [1.807, 2.05) is 6.07 Å². The van der Waals surface area contributed by atoms with Gasteiger partial charge in [-0.1, -0.05) is 24.3 Å². The highest BCUT2D eigenvalue weighted by Crippen LogP contribution is 2.48. The summed E-state index contributed by atoms with van der Waals surface area (Å²) < 4.78 is 21.7. The number of nitrogens with two attached hydrogens (primary N) is 1. The zero-order valence-electron chi connectivity index (χ0n) is 17.0. The molecule has 0 unspecified atom stereocenters. The number of benzene rings is 2. The van der Waals surface area contributed by atoms with Crippen molar-refractivity contribution in [3.63, 3.8) is 0 Å². The number of methoxy groups -OCH3 is 3. The first-order valence-corrected chi connectivity index (χ1v) is 9.26. The van der Waals surface area contributed by atoms with Crippen molar-refractivity contribution >= 4 is 11.6 Å². The van der Waals surface area contributed by atoms with Crippen molar-refractivity contribution in [2.24, 2.45) is 5.73 Å². The first-order chi connectivity index (χ1) is 15.0. The fourth-order valence-electron chi connectivity index (χ4n) is 3.90. The Morgan fingerprint density at radius 1 is 0.935 bits per heavy atom. The summed E-state index contributed by atoms with van der Waals surface area (Å²) in [6.07, 6.45) is 0. The molecule has 0 aromatic heterocycles. The molecule has 156 valence electrons. The Bertz CT molecular complexity index is 1240. The predicted molar refractivity (Wildman–Crippen MR) is 109 cm³/mol. The molecule has 2 aliphatic rings. The molecule has 0 fully saturated rings. The summed E-state index contributed by atoms with van der Waals surface area (Å²) in [6, 6.07) is 11.6. The highest BCUT2D eigenvalue weighted by molar-refractivity contribution is 6.27. The third-order valence-corrected chi connectivity index (χ3v) is 5.33. The van der Waals surface area contributed by atoms with Gasteiger partial charge in [0, 0.05) is 22.8 Å². The number of allylic oxidation sites excluding steroid dienone is 3. The Morgan fingerprint density at radius 3 is 2.10 bits per heavy atom. The molecule has 2 aromatic rings. The minimum Gasteiger partial charge on any atom is -0.496 e.